The van der Waals surface area contributed by atoms with Crippen LogP contribution in [0, 0.1) is 17.3 Å². The van der Waals surface area contributed by atoms with Crippen molar-refractivity contribution in [2.24, 2.45) is 17.3 Å². The van der Waals surface area contributed by atoms with Gasteiger partial charge in [0.15, 0.2) is 0 Å². The quantitative estimate of drug-likeness (QED) is 0.839. The number of carbonyl (C=O) groups excluding carboxylic acids is 1. The van der Waals surface area contributed by atoms with Crippen molar-refractivity contribution in [1.29, 1.82) is 0 Å². The second-order valence-corrected chi connectivity index (χ2v) is 7.97. The van der Waals surface area contributed by atoms with Gasteiger partial charge in [-0.1, -0.05) is 34.1 Å². The number of carbonyl (C=O) groups is 1. The van der Waals surface area contributed by atoms with Gasteiger partial charge in [0.1, 0.15) is 0 Å². The highest BCUT2D eigenvalue weighted by atomic mass is 16.2. The zero-order chi connectivity index (χ0) is 14.8. The highest BCUT2D eigenvalue weighted by Crippen LogP contribution is 2.32. The smallest absolute Gasteiger partial charge is 0.225 e. The second kappa shape index (κ2) is 6.46. The third-order valence-corrected chi connectivity index (χ3v) is 4.54. The molecule has 2 atom stereocenters. The van der Waals surface area contributed by atoms with Crippen LogP contribution in [-0.4, -0.2) is 36.5 Å². The lowest BCUT2D eigenvalue weighted by Crippen LogP contribution is -2.53. The van der Waals surface area contributed by atoms with Crippen LogP contribution in [-0.2, 0) is 4.79 Å². The number of rotatable bonds is 5. The average Bonchev–Trinajstić information content (AvgIpc) is 3.11. The van der Waals surface area contributed by atoms with E-state index >= 15 is 0 Å². The van der Waals surface area contributed by atoms with E-state index in [9.17, 15) is 4.79 Å². The Morgan fingerprint density at radius 1 is 1.20 bits per heavy atom. The first kappa shape index (κ1) is 15.8. The number of nitrogens with zero attached hydrogens (tertiary/aromatic N) is 1. The van der Waals surface area contributed by atoms with Crippen molar-refractivity contribution < 1.29 is 4.79 Å². The predicted octanol–water partition coefficient (Wildman–Crippen LogP) is 3.05. The van der Waals surface area contributed by atoms with Crippen LogP contribution in [0.3, 0.4) is 0 Å². The Bertz CT molecular complexity index is 330. The molecule has 0 spiro atoms. The lowest BCUT2D eigenvalue weighted by molar-refractivity contribution is -0.129. The molecular weight excluding hydrogens is 248 g/mol. The van der Waals surface area contributed by atoms with Crippen molar-refractivity contribution in [3.63, 3.8) is 0 Å². The molecule has 0 radical (unpaired) electrons. The Hall–Kier alpha value is -0.570. The number of hydrogen-bond donors (Lipinski definition) is 1. The molecule has 2 rings (SSSR count). The molecule has 1 aliphatic carbocycles. The first-order chi connectivity index (χ1) is 9.38. The minimum absolute atomic E-state index is 0.200. The Balaban J connectivity index is 1.90. The molecule has 2 aliphatic rings. The van der Waals surface area contributed by atoms with Gasteiger partial charge in [-0.2, -0.15) is 0 Å². The molecule has 2 fully saturated rings. The number of amides is 1. The summed E-state index contributed by atoms with van der Waals surface area (Å²) in [5.74, 6) is 1.90. The minimum atomic E-state index is -0.279. The molecule has 3 heteroatoms. The lowest BCUT2D eigenvalue weighted by atomic mass is 9.89. The summed E-state index contributed by atoms with van der Waals surface area (Å²) in [7, 11) is 0. The van der Waals surface area contributed by atoms with Crippen molar-refractivity contribution in [2.75, 3.05) is 19.6 Å². The average molecular weight is 280 g/mol. The Labute approximate surface area is 124 Å². The predicted molar refractivity (Wildman–Crippen MR) is 83.6 cm³/mol. The van der Waals surface area contributed by atoms with Crippen LogP contribution >= 0.6 is 0 Å². The maximum Gasteiger partial charge on any atom is 0.225 e. The summed E-state index contributed by atoms with van der Waals surface area (Å²) in [5, 5.41) is 3.29. The van der Waals surface area contributed by atoms with Gasteiger partial charge >= 0.3 is 0 Å². The summed E-state index contributed by atoms with van der Waals surface area (Å²) in [6, 6.07) is 0.353. The molecule has 2 unspecified atom stereocenters. The Morgan fingerprint density at radius 3 is 2.45 bits per heavy atom. The molecule has 0 bridgehead atoms. The van der Waals surface area contributed by atoms with Gasteiger partial charge in [0.2, 0.25) is 5.91 Å². The Kier molecular flexibility index (Phi) is 5.11. The van der Waals surface area contributed by atoms with Crippen molar-refractivity contribution in [3.05, 3.63) is 0 Å². The van der Waals surface area contributed by atoms with E-state index in [4.69, 9.17) is 0 Å². The molecule has 1 amide bonds. The van der Waals surface area contributed by atoms with E-state index in [0.29, 0.717) is 6.04 Å². The molecule has 0 aromatic carbocycles. The summed E-state index contributed by atoms with van der Waals surface area (Å²) >= 11 is 0. The third kappa shape index (κ3) is 4.76. The zero-order valence-corrected chi connectivity index (χ0v) is 13.7. The van der Waals surface area contributed by atoms with E-state index in [-0.39, 0.29) is 11.3 Å². The summed E-state index contributed by atoms with van der Waals surface area (Å²) in [6.07, 6.45) is 6.53. The fraction of sp³-hybridized carbons (Fsp3) is 0.941. The highest BCUT2D eigenvalue weighted by molar-refractivity contribution is 5.81. The number of nitrogens with one attached hydrogen (secondary N) is 1. The molecule has 1 aliphatic heterocycles. The Morgan fingerprint density at radius 2 is 1.90 bits per heavy atom. The molecule has 116 valence electrons. The SMILES string of the molecule is CCCC1CC(NC(=O)C(C)(C)C)CN(CC2CC2)C1. The first-order valence-electron chi connectivity index (χ1n) is 8.41. The number of piperidine rings is 1. The molecule has 0 aromatic heterocycles. The van der Waals surface area contributed by atoms with Crippen LogP contribution in [0.25, 0.3) is 0 Å². The van der Waals surface area contributed by atoms with Crippen LogP contribution < -0.4 is 5.32 Å². The monoisotopic (exact) mass is 280 g/mol. The molecule has 20 heavy (non-hydrogen) atoms. The standard InChI is InChI=1S/C17H32N2O/c1-5-6-14-9-15(18-16(20)17(2,3)4)12-19(11-14)10-13-7-8-13/h13-15H,5-12H2,1-4H3,(H,18,20). The molecule has 1 saturated heterocycles. The summed E-state index contributed by atoms with van der Waals surface area (Å²) in [6.45, 7) is 11.8. The minimum Gasteiger partial charge on any atom is -0.352 e. The van der Waals surface area contributed by atoms with Crippen molar-refractivity contribution >= 4 is 5.91 Å². The van der Waals surface area contributed by atoms with E-state index in [2.05, 4.69) is 17.1 Å². The molecule has 1 saturated carbocycles. The highest BCUT2D eigenvalue weighted by Gasteiger charge is 2.33. The molecule has 3 nitrogen and oxygen atoms in total. The fourth-order valence-corrected chi connectivity index (χ4v) is 3.24. The second-order valence-electron chi connectivity index (χ2n) is 7.97. The van der Waals surface area contributed by atoms with Gasteiger partial charge in [0.05, 0.1) is 0 Å². The normalized spacial score (nSPS) is 28.4. The van der Waals surface area contributed by atoms with Gasteiger partial charge in [-0.25, -0.2) is 0 Å². The summed E-state index contributed by atoms with van der Waals surface area (Å²) in [5.41, 5.74) is -0.279. The van der Waals surface area contributed by atoms with Crippen LogP contribution in [0.2, 0.25) is 0 Å². The molecule has 1 N–H and O–H groups in total. The maximum absolute atomic E-state index is 12.2. The molecule has 1 heterocycles. The topological polar surface area (TPSA) is 32.3 Å². The van der Waals surface area contributed by atoms with Crippen LogP contribution in [0.1, 0.15) is 59.8 Å². The fourth-order valence-electron chi connectivity index (χ4n) is 3.24. The van der Waals surface area contributed by atoms with Crippen LogP contribution in [0.15, 0.2) is 0 Å². The van der Waals surface area contributed by atoms with E-state index in [1.54, 1.807) is 0 Å². The largest absolute Gasteiger partial charge is 0.352 e. The van der Waals surface area contributed by atoms with E-state index < -0.39 is 0 Å². The van der Waals surface area contributed by atoms with Crippen LogP contribution in [0.5, 0.6) is 0 Å². The maximum atomic E-state index is 12.2. The lowest BCUT2D eigenvalue weighted by Gasteiger charge is -2.39. The van der Waals surface area contributed by atoms with E-state index in [1.165, 1.54) is 38.8 Å². The van der Waals surface area contributed by atoms with Gasteiger partial charge < -0.3 is 10.2 Å². The molecular formula is C17H32N2O. The van der Waals surface area contributed by atoms with Gasteiger partial charge in [0, 0.05) is 31.1 Å². The van der Waals surface area contributed by atoms with Gasteiger partial charge in [-0.15, -0.1) is 0 Å². The van der Waals surface area contributed by atoms with Crippen LogP contribution in [0.4, 0.5) is 0 Å². The number of hydrogen-bond acceptors (Lipinski definition) is 2. The van der Waals surface area contributed by atoms with E-state index in [0.717, 1.165) is 24.8 Å². The third-order valence-electron chi connectivity index (χ3n) is 4.54. The number of likely N-dealkylation sites (tertiary alicyclic amines) is 1. The molecule has 0 aromatic rings. The summed E-state index contributed by atoms with van der Waals surface area (Å²) in [4.78, 5) is 14.8. The first-order valence-corrected chi connectivity index (χ1v) is 8.41. The van der Waals surface area contributed by atoms with E-state index in [1.807, 2.05) is 20.8 Å². The van der Waals surface area contributed by atoms with Crippen molar-refractivity contribution in [3.8, 4) is 0 Å². The van der Waals surface area contributed by atoms with Crippen molar-refractivity contribution in [1.82, 2.24) is 10.2 Å². The van der Waals surface area contributed by atoms with Gasteiger partial charge in [-0.3, -0.25) is 4.79 Å². The van der Waals surface area contributed by atoms with Gasteiger partial charge in [0.25, 0.3) is 0 Å². The summed E-state index contributed by atoms with van der Waals surface area (Å²) < 4.78 is 0. The van der Waals surface area contributed by atoms with Crippen molar-refractivity contribution in [2.45, 2.75) is 65.8 Å². The van der Waals surface area contributed by atoms with Gasteiger partial charge in [-0.05, 0) is 37.5 Å². The zero-order valence-electron chi connectivity index (χ0n) is 13.7.